The monoisotopic (exact) mass is 299 g/mol. The molecule has 2 aromatic rings. The lowest BCUT2D eigenvalue weighted by atomic mass is 10.0. The molecule has 22 heavy (non-hydrogen) atoms. The van der Waals surface area contributed by atoms with E-state index < -0.39 is 0 Å². The average molecular weight is 299 g/mol. The molecule has 1 fully saturated rings. The minimum Gasteiger partial charge on any atom is -0.441 e. The van der Waals surface area contributed by atoms with E-state index in [1.54, 1.807) is 6.20 Å². The molecule has 0 bridgehead atoms. The molecule has 5 heteroatoms. The summed E-state index contributed by atoms with van der Waals surface area (Å²) in [7, 11) is 0. The normalized spacial score (nSPS) is 17.6. The second-order valence-corrected chi connectivity index (χ2v) is 5.77. The number of aromatic nitrogens is 1. The smallest absolute Gasteiger partial charge is 0.224 e. The molecule has 1 aliphatic heterocycles. The zero-order valence-electron chi connectivity index (χ0n) is 12.8. The van der Waals surface area contributed by atoms with E-state index >= 15 is 0 Å². The molecule has 1 aromatic carbocycles. The molecule has 0 spiro atoms. The first-order valence-electron chi connectivity index (χ1n) is 7.74. The lowest BCUT2D eigenvalue weighted by Crippen LogP contribution is -2.14. The fraction of sp³-hybridized carbons (Fsp3) is 0.412. The summed E-state index contributed by atoms with van der Waals surface area (Å²) in [5, 5.41) is 6.27. The standard InChI is InChI=1S/C17H21N3O2/c1-12-19-11-16(22-12)14-3-5-15(6-4-14)20-17(21)7-2-13-8-9-18-10-13/h3-6,11,13,18H,2,7-10H2,1H3,(H,20,21). The van der Waals surface area contributed by atoms with Crippen LogP contribution in [0.5, 0.6) is 0 Å². The highest BCUT2D eigenvalue weighted by Gasteiger charge is 2.15. The summed E-state index contributed by atoms with van der Waals surface area (Å²) in [6.45, 7) is 3.94. The van der Waals surface area contributed by atoms with Gasteiger partial charge in [0.25, 0.3) is 0 Å². The lowest BCUT2D eigenvalue weighted by molar-refractivity contribution is -0.116. The molecule has 3 rings (SSSR count). The molecule has 1 aromatic heterocycles. The number of aryl methyl sites for hydroxylation is 1. The first-order chi connectivity index (χ1) is 10.7. The highest BCUT2D eigenvalue weighted by molar-refractivity contribution is 5.90. The van der Waals surface area contributed by atoms with Crippen LogP contribution in [0.15, 0.2) is 34.9 Å². The molecular formula is C17H21N3O2. The van der Waals surface area contributed by atoms with Crippen LogP contribution in [0, 0.1) is 12.8 Å². The van der Waals surface area contributed by atoms with Crippen LogP contribution in [-0.4, -0.2) is 24.0 Å². The summed E-state index contributed by atoms with van der Waals surface area (Å²) < 4.78 is 5.48. The fourth-order valence-corrected chi connectivity index (χ4v) is 2.73. The van der Waals surface area contributed by atoms with E-state index in [-0.39, 0.29) is 5.91 Å². The van der Waals surface area contributed by atoms with Crippen molar-refractivity contribution in [2.24, 2.45) is 5.92 Å². The van der Waals surface area contributed by atoms with Gasteiger partial charge in [0.2, 0.25) is 5.91 Å². The van der Waals surface area contributed by atoms with Crippen molar-refractivity contribution in [3.8, 4) is 11.3 Å². The van der Waals surface area contributed by atoms with Crippen molar-refractivity contribution in [1.29, 1.82) is 0 Å². The Labute approximate surface area is 130 Å². The molecule has 0 radical (unpaired) electrons. The minimum absolute atomic E-state index is 0.0789. The van der Waals surface area contributed by atoms with E-state index in [9.17, 15) is 4.79 Å². The quantitative estimate of drug-likeness (QED) is 0.890. The van der Waals surface area contributed by atoms with Crippen LogP contribution in [0.25, 0.3) is 11.3 Å². The van der Waals surface area contributed by atoms with Gasteiger partial charge >= 0.3 is 0 Å². The van der Waals surface area contributed by atoms with E-state index in [1.807, 2.05) is 31.2 Å². The largest absolute Gasteiger partial charge is 0.441 e. The third-order valence-electron chi connectivity index (χ3n) is 4.02. The van der Waals surface area contributed by atoms with Gasteiger partial charge in [0.1, 0.15) is 0 Å². The zero-order valence-corrected chi connectivity index (χ0v) is 12.8. The Bertz CT molecular complexity index is 628. The molecule has 1 unspecified atom stereocenters. The van der Waals surface area contributed by atoms with Gasteiger partial charge in [-0.1, -0.05) is 0 Å². The second-order valence-electron chi connectivity index (χ2n) is 5.77. The van der Waals surface area contributed by atoms with Gasteiger partial charge < -0.3 is 15.1 Å². The molecule has 0 aliphatic carbocycles. The maximum atomic E-state index is 12.0. The SMILES string of the molecule is Cc1ncc(-c2ccc(NC(=O)CCC3CCNC3)cc2)o1. The van der Waals surface area contributed by atoms with Crippen LogP contribution in [0.3, 0.4) is 0 Å². The van der Waals surface area contributed by atoms with Crippen LogP contribution in [0.4, 0.5) is 5.69 Å². The van der Waals surface area contributed by atoms with Crippen molar-refractivity contribution in [2.45, 2.75) is 26.2 Å². The minimum atomic E-state index is 0.0789. The van der Waals surface area contributed by atoms with Crippen molar-refractivity contribution in [1.82, 2.24) is 10.3 Å². The molecule has 1 amide bonds. The summed E-state index contributed by atoms with van der Waals surface area (Å²) in [6, 6.07) is 7.64. The highest BCUT2D eigenvalue weighted by atomic mass is 16.4. The van der Waals surface area contributed by atoms with Gasteiger partial charge in [0.05, 0.1) is 6.20 Å². The Hall–Kier alpha value is -2.14. The van der Waals surface area contributed by atoms with E-state index in [0.717, 1.165) is 36.5 Å². The molecule has 1 aliphatic rings. The summed E-state index contributed by atoms with van der Waals surface area (Å²) in [5.41, 5.74) is 1.77. The van der Waals surface area contributed by atoms with Crippen molar-refractivity contribution in [3.05, 3.63) is 36.4 Å². The van der Waals surface area contributed by atoms with Gasteiger partial charge in [-0.05, 0) is 56.1 Å². The number of rotatable bonds is 5. The average Bonchev–Trinajstić information content (AvgIpc) is 3.17. The first kappa shape index (κ1) is 14.8. The number of amides is 1. The number of nitrogens with one attached hydrogen (secondary N) is 2. The predicted octanol–water partition coefficient (Wildman–Crippen LogP) is 2.98. The zero-order chi connectivity index (χ0) is 15.4. The third kappa shape index (κ3) is 3.74. The molecule has 5 nitrogen and oxygen atoms in total. The number of hydrogen-bond donors (Lipinski definition) is 2. The van der Waals surface area contributed by atoms with Crippen molar-refractivity contribution < 1.29 is 9.21 Å². The number of carbonyl (C=O) groups is 1. The molecule has 2 N–H and O–H groups in total. The molecule has 116 valence electrons. The highest BCUT2D eigenvalue weighted by Crippen LogP contribution is 2.22. The summed E-state index contributed by atoms with van der Waals surface area (Å²) in [5.74, 6) is 2.11. The van der Waals surface area contributed by atoms with Gasteiger partial charge in [-0.3, -0.25) is 4.79 Å². The van der Waals surface area contributed by atoms with E-state index in [0.29, 0.717) is 18.2 Å². The Kier molecular flexibility index (Phi) is 4.53. The van der Waals surface area contributed by atoms with E-state index in [2.05, 4.69) is 15.6 Å². The maximum absolute atomic E-state index is 12.0. The second kappa shape index (κ2) is 6.75. The number of nitrogens with zero attached hydrogens (tertiary/aromatic N) is 1. The number of benzene rings is 1. The van der Waals surface area contributed by atoms with Crippen LogP contribution in [-0.2, 0) is 4.79 Å². The number of oxazole rings is 1. The Morgan fingerprint density at radius 3 is 2.86 bits per heavy atom. The lowest BCUT2D eigenvalue weighted by Gasteiger charge is -2.09. The number of hydrogen-bond acceptors (Lipinski definition) is 4. The van der Waals surface area contributed by atoms with Crippen molar-refractivity contribution in [3.63, 3.8) is 0 Å². The van der Waals surface area contributed by atoms with Crippen molar-refractivity contribution in [2.75, 3.05) is 18.4 Å². The van der Waals surface area contributed by atoms with Gasteiger partial charge in [0, 0.05) is 24.6 Å². The van der Waals surface area contributed by atoms with Crippen LogP contribution >= 0.6 is 0 Å². The van der Waals surface area contributed by atoms with Gasteiger partial charge in [-0.2, -0.15) is 0 Å². The first-order valence-corrected chi connectivity index (χ1v) is 7.74. The molecule has 1 saturated heterocycles. The molecular weight excluding hydrogens is 278 g/mol. The summed E-state index contributed by atoms with van der Waals surface area (Å²) in [6.07, 6.45) is 4.42. The summed E-state index contributed by atoms with van der Waals surface area (Å²) in [4.78, 5) is 16.1. The predicted molar refractivity (Wildman–Crippen MR) is 85.5 cm³/mol. The number of carbonyl (C=O) groups excluding carboxylic acids is 1. The van der Waals surface area contributed by atoms with E-state index in [1.165, 1.54) is 6.42 Å². The third-order valence-corrected chi connectivity index (χ3v) is 4.02. The Balaban J connectivity index is 1.53. The Morgan fingerprint density at radius 2 is 2.23 bits per heavy atom. The Morgan fingerprint density at radius 1 is 1.41 bits per heavy atom. The van der Waals surface area contributed by atoms with Gasteiger partial charge in [-0.25, -0.2) is 4.98 Å². The van der Waals surface area contributed by atoms with Gasteiger partial charge in [0.15, 0.2) is 11.7 Å². The number of anilines is 1. The van der Waals surface area contributed by atoms with Crippen LogP contribution < -0.4 is 10.6 Å². The molecule has 1 atom stereocenters. The van der Waals surface area contributed by atoms with E-state index in [4.69, 9.17) is 4.42 Å². The maximum Gasteiger partial charge on any atom is 0.224 e. The van der Waals surface area contributed by atoms with Crippen LogP contribution in [0.1, 0.15) is 25.2 Å². The van der Waals surface area contributed by atoms with Crippen LogP contribution in [0.2, 0.25) is 0 Å². The van der Waals surface area contributed by atoms with Crippen molar-refractivity contribution >= 4 is 11.6 Å². The van der Waals surface area contributed by atoms with Gasteiger partial charge in [-0.15, -0.1) is 0 Å². The summed E-state index contributed by atoms with van der Waals surface area (Å²) >= 11 is 0. The topological polar surface area (TPSA) is 67.2 Å². The molecule has 0 saturated carbocycles. The molecule has 2 heterocycles. The fourth-order valence-electron chi connectivity index (χ4n) is 2.73.